The van der Waals surface area contributed by atoms with Crippen molar-refractivity contribution >= 4 is 17.9 Å². The lowest BCUT2D eigenvalue weighted by atomic mass is 9.99. The number of hydrogen-bond donors (Lipinski definition) is 1. The monoisotopic (exact) mass is 614 g/mol. The fourth-order valence-corrected chi connectivity index (χ4v) is 4.81. The zero-order valence-electron chi connectivity index (χ0n) is 25.4. The molecule has 9 nitrogen and oxygen atoms in total. The van der Waals surface area contributed by atoms with Gasteiger partial charge in [0.15, 0.2) is 0 Å². The lowest BCUT2D eigenvalue weighted by Crippen LogP contribution is -2.11. The maximum Gasteiger partial charge on any atom is 0.343 e. The molecule has 3 aromatic rings. The second-order valence-electron chi connectivity index (χ2n) is 10.5. The molecule has 0 saturated carbocycles. The molecule has 0 radical (unpaired) electrons. The summed E-state index contributed by atoms with van der Waals surface area (Å²) in [7, 11) is 0. The first-order valence-corrected chi connectivity index (χ1v) is 14.9. The quantitative estimate of drug-likeness (QED) is 0.0824. The van der Waals surface area contributed by atoms with E-state index in [0.717, 1.165) is 34.1 Å². The van der Waals surface area contributed by atoms with Crippen LogP contribution in [0.15, 0.2) is 85.5 Å². The predicted molar refractivity (Wildman–Crippen MR) is 169 cm³/mol. The summed E-state index contributed by atoms with van der Waals surface area (Å²) < 4.78 is 27.3. The van der Waals surface area contributed by atoms with Crippen LogP contribution in [0.2, 0.25) is 0 Å². The van der Waals surface area contributed by atoms with Gasteiger partial charge < -0.3 is 28.8 Å². The van der Waals surface area contributed by atoms with E-state index in [0.29, 0.717) is 62.6 Å². The van der Waals surface area contributed by atoms with Crippen LogP contribution in [0.3, 0.4) is 0 Å². The normalized spacial score (nSPS) is 12.8. The number of aliphatic hydroxyl groups is 1. The van der Waals surface area contributed by atoms with Gasteiger partial charge in [0.1, 0.15) is 17.2 Å². The number of aliphatic hydroxyl groups excluding tert-OH is 1. The van der Waals surface area contributed by atoms with Crippen molar-refractivity contribution in [3.63, 3.8) is 0 Å². The Morgan fingerprint density at radius 2 is 1.29 bits per heavy atom. The molecule has 0 aromatic heterocycles. The Labute approximate surface area is 263 Å². The van der Waals surface area contributed by atoms with Gasteiger partial charge in [-0.2, -0.15) is 0 Å². The highest BCUT2D eigenvalue weighted by Crippen LogP contribution is 2.47. The van der Waals surface area contributed by atoms with E-state index in [4.69, 9.17) is 28.8 Å². The fourth-order valence-electron chi connectivity index (χ4n) is 4.81. The zero-order valence-corrected chi connectivity index (χ0v) is 25.4. The molecule has 1 unspecified atom stereocenters. The van der Waals surface area contributed by atoms with Crippen LogP contribution in [-0.2, 0) is 19.1 Å². The minimum absolute atomic E-state index is 0.0392. The highest BCUT2D eigenvalue weighted by atomic mass is 16.5. The highest BCUT2D eigenvalue weighted by molar-refractivity contribution is 5.91. The molecular formula is C36H38O9. The second kappa shape index (κ2) is 16.3. The van der Waals surface area contributed by atoms with Crippen molar-refractivity contribution in [2.45, 2.75) is 38.5 Å². The molecule has 4 rings (SSSR count). The van der Waals surface area contributed by atoms with Gasteiger partial charge in [-0.25, -0.2) is 14.4 Å². The Kier molecular flexibility index (Phi) is 11.9. The summed E-state index contributed by atoms with van der Waals surface area (Å²) in [5.41, 5.74) is 4.86. The van der Waals surface area contributed by atoms with Gasteiger partial charge in [-0.3, -0.25) is 0 Å². The summed E-state index contributed by atoms with van der Waals surface area (Å²) in [6.45, 7) is 9.98. The molecule has 0 aliphatic heterocycles. The first-order valence-electron chi connectivity index (χ1n) is 14.9. The Morgan fingerprint density at radius 1 is 0.756 bits per heavy atom. The van der Waals surface area contributed by atoms with Gasteiger partial charge >= 0.3 is 17.9 Å². The first-order chi connectivity index (χ1) is 21.8. The number of carbonyl (C=O) groups is 3. The molecular weight excluding hydrogens is 576 g/mol. The van der Waals surface area contributed by atoms with Crippen molar-refractivity contribution in [3.8, 4) is 28.4 Å². The smallest absolute Gasteiger partial charge is 0.343 e. The topological polar surface area (TPSA) is 118 Å². The van der Waals surface area contributed by atoms with Gasteiger partial charge in [0.25, 0.3) is 0 Å². The van der Waals surface area contributed by atoms with Crippen LogP contribution in [0.1, 0.15) is 60.0 Å². The van der Waals surface area contributed by atoms with Crippen molar-refractivity contribution in [2.24, 2.45) is 0 Å². The van der Waals surface area contributed by atoms with Gasteiger partial charge in [0.2, 0.25) is 0 Å². The van der Waals surface area contributed by atoms with E-state index in [1.807, 2.05) is 30.3 Å². The number of unbranched alkanes of at least 4 members (excludes halogenated alkanes) is 2. The number of benzene rings is 3. The summed E-state index contributed by atoms with van der Waals surface area (Å²) in [6, 6.07) is 18.5. The second-order valence-corrected chi connectivity index (χ2v) is 10.5. The lowest BCUT2D eigenvalue weighted by molar-refractivity contribution is -0.140. The maximum absolute atomic E-state index is 12.9. The highest BCUT2D eigenvalue weighted by Gasteiger charge is 2.27. The molecule has 0 amide bonds. The first kappa shape index (κ1) is 33.0. The third-order valence-corrected chi connectivity index (χ3v) is 7.31. The Morgan fingerprint density at radius 3 is 1.91 bits per heavy atom. The molecule has 9 heteroatoms. The average Bonchev–Trinajstić information content (AvgIpc) is 3.33. The molecule has 0 heterocycles. The molecule has 1 atom stereocenters. The van der Waals surface area contributed by atoms with Crippen LogP contribution >= 0.6 is 0 Å². The standard InChI is InChI=1S/C36H38O9/c1-4-34(38)43-19-7-5-17-41-27-11-9-26(10-12-27)36(40)45-29-14-16-31-30-15-13-28(21-32(30)25(3)33(31)22-29)42-18-6-8-20-44-35(39)24(2)23-37/h4,9-16,21-22,25,37H,1-2,5-8,17-20,23H2,3H3. The molecule has 3 aromatic carbocycles. The van der Waals surface area contributed by atoms with Crippen molar-refractivity contribution in [2.75, 3.05) is 33.0 Å². The molecule has 0 saturated heterocycles. The SMILES string of the molecule is C=CC(=O)OCCCCOc1ccc(C(=O)Oc2ccc3c(c2)C(C)c2cc(OCCCCOC(=O)C(=C)CO)ccc2-3)cc1. The average molecular weight is 615 g/mol. The Hall–Kier alpha value is -4.89. The largest absolute Gasteiger partial charge is 0.494 e. The molecule has 0 spiro atoms. The van der Waals surface area contributed by atoms with Crippen molar-refractivity contribution < 1.29 is 43.2 Å². The van der Waals surface area contributed by atoms with Crippen molar-refractivity contribution in [1.82, 2.24) is 0 Å². The van der Waals surface area contributed by atoms with E-state index in [9.17, 15) is 14.4 Å². The summed E-state index contributed by atoms with van der Waals surface area (Å²) in [5.74, 6) is 0.461. The number of rotatable bonds is 17. The van der Waals surface area contributed by atoms with Crippen LogP contribution in [0.5, 0.6) is 17.2 Å². The van der Waals surface area contributed by atoms with Crippen LogP contribution in [0, 0.1) is 0 Å². The van der Waals surface area contributed by atoms with Crippen LogP contribution in [-0.4, -0.2) is 56.0 Å². The Bertz CT molecular complexity index is 1520. The predicted octanol–water partition coefficient (Wildman–Crippen LogP) is 6.18. The number of ether oxygens (including phenoxy) is 5. The van der Waals surface area contributed by atoms with E-state index < -0.39 is 24.5 Å². The van der Waals surface area contributed by atoms with Crippen LogP contribution in [0.4, 0.5) is 0 Å². The van der Waals surface area contributed by atoms with E-state index in [1.165, 1.54) is 0 Å². The van der Waals surface area contributed by atoms with Crippen LogP contribution in [0.25, 0.3) is 11.1 Å². The van der Waals surface area contributed by atoms with E-state index >= 15 is 0 Å². The molecule has 1 N–H and O–H groups in total. The number of fused-ring (bicyclic) bond motifs is 3. The molecule has 0 bridgehead atoms. The summed E-state index contributed by atoms with van der Waals surface area (Å²) >= 11 is 0. The number of carbonyl (C=O) groups excluding carboxylic acids is 3. The number of esters is 3. The van der Waals surface area contributed by atoms with Crippen molar-refractivity contribution in [1.29, 1.82) is 0 Å². The molecule has 45 heavy (non-hydrogen) atoms. The summed E-state index contributed by atoms with van der Waals surface area (Å²) in [6.07, 6.45) is 3.86. The zero-order chi connectivity index (χ0) is 32.2. The molecule has 236 valence electrons. The summed E-state index contributed by atoms with van der Waals surface area (Å²) in [5, 5.41) is 8.91. The van der Waals surface area contributed by atoms with E-state index in [2.05, 4.69) is 20.1 Å². The fraction of sp³-hybridized carbons (Fsp3) is 0.306. The van der Waals surface area contributed by atoms with Crippen LogP contribution < -0.4 is 14.2 Å². The van der Waals surface area contributed by atoms with Gasteiger partial charge in [0, 0.05) is 12.0 Å². The van der Waals surface area contributed by atoms with E-state index in [1.54, 1.807) is 30.3 Å². The van der Waals surface area contributed by atoms with Gasteiger partial charge in [-0.1, -0.05) is 32.2 Å². The van der Waals surface area contributed by atoms with Crippen molar-refractivity contribution in [3.05, 3.63) is 102 Å². The Balaban J connectivity index is 1.24. The molecule has 1 aliphatic rings. The lowest BCUT2D eigenvalue weighted by Gasteiger charge is -2.11. The number of hydrogen-bond acceptors (Lipinski definition) is 9. The van der Waals surface area contributed by atoms with Gasteiger partial charge in [0.05, 0.1) is 44.2 Å². The summed E-state index contributed by atoms with van der Waals surface area (Å²) in [4.78, 5) is 35.4. The minimum Gasteiger partial charge on any atom is -0.494 e. The third kappa shape index (κ3) is 9.06. The molecule has 0 fully saturated rings. The van der Waals surface area contributed by atoms with Gasteiger partial charge in [-0.05, 0) is 96.5 Å². The van der Waals surface area contributed by atoms with Gasteiger partial charge in [-0.15, -0.1) is 0 Å². The minimum atomic E-state index is -0.584. The maximum atomic E-state index is 12.9. The third-order valence-electron chi connectivity index (χ3n) is 7.31. The van der Waals surface area contributed by atoms with E-state index in [-0.39, 0.29) is 18.1 Å². The molecule has 1 aliphatic carbocycles.